The molecule has 1 fully saturated rings. The number of nitrogens with zero attached hydrogens (tertiary/aromatic N) is 4. The van der Waals surface area contributed by atoms with Gasteiger partial charge < -0.3 is 14.6 Å². The van der Waals surface area contributed by atoms with Crippen molar-refractivity contribution in [2.75, 3.05) is 18.0 Å². The van der Waals surface area contributed by atoms with E-state index in [0.717, 1.165) is 41.3 Å². The number of hydrogen-bond donors (Lipinski definition) is 1. The summed E-state index contributed by atoms with van der Waals surface area (Å²) >= 11 is 1.50. The molecule has 0 atom stereocenters. The molecule has 3 aromatic heterocycles. The molecule has 9 heteroatoms. The van der Waals surface area contributed by atoms with Crippen LogP contribution in [0.2, 0.25) is 0 Å². The fraction of sp³-hybridized carbons (Fsp3) is 0.304. The van der Waals surface area contributed by atoms with Gasteiger partial charge >= 0.3 is 0 Å². The number of hydrogen-bond acceptors (Lipinski definition) is 7. The average Bonchev–Trinajstić information content (AvgIpc) is 3.51. The molecule has 8 nitrogen and oxygen atoms in total. The summed E-state index contributed by atoms with van der Waals surface area (Å²) in [5, 5.41) is 8.20. The van der Waals surface area contributed by atoms with Crippen LogP contribution in [0, 0.1) is 0 Å². The van der Waals surface area contributed by atoms with Crippen LogP contribution in [-0.4, -0.2) is 33.8 Å². The number of piperidine rings is 1. The van der Waals surface area contributed by atoms with Crippen molar-refractivity contribution in [3.8, 4) is 11.3 Å². The zero-order chi connectivity index (χ0) is 21.9. The van der Waals surface area contributed by atoms with Crippen molar-refractivity contribution >= 4 is 32.6 Å². The smallest absolute Gasteiger partial charge is 0.294 e. The standard InChI is InChI=1S/C23H23N5O3S/c29-18(24-14-17-10-7-13-31-17)15-28-22(30)20-21(19(26-28)16-8-3-1-4-9-16)32-23(25-20)27-11-5-2-6-12-27/h1,3-4,7-10,13H,2,5-6,11-12,14-15H2,(H,24,29). The summed E-state index contributed by atoms with van der Waals surface area (Å²) < 4.78 is 7.21. The number of fused-ring (bicyclic) bond motifs is 1. The van der Waals surface area contributed by atoms with E-state index >= 15 is 0 Å². The molecule has 0 aliphatic carbocycles. The molecule has 0 saturated carbocycles. The third-order valence-corrected chi connectivity index (χ3v) is 6.62. The maximum absolute atomic E-state index is 13.2. The molecular formula is C23H23N5O3S. The first-order valence-corrected chi connectivity index (χ1v) is 11.5. The number of benzene rings is 1. The minimum absolute atomic E-state index is 0.189. The average molecular weight is 450 g/mol. The summed E-state index contributed by atoms with van der Waals surface area (Å²) in [5.41, 5.74) is 1.56. The molecule has 1 aliphatic rings. The van der Waals surface area contributed by atoms with E-state index in [-0.39, 0.29) is 24.6 Å². The number of furan rings is 1. The lowest BCUT2D eigenvalue weighted by atomic mass is 10.1. The number of thiazole rings is 1. The SMILES string of the molecule is O=C(Cn1nc(-c2ccccc2)c2sc(N3CCCCC3)nc2c1=O)NCc1ccco1. The minimum Gasteiger partial charge on any atom is -0.467 e. The fourth-order valence-corrected chi connectivity index (χ4v) is 4.97. The molecule has 0 radical (unpaired) electrons. The summed E-state index contributed by atoms with van der Waals surface area (Å²) in [7, 11) is 0. The third-order valence-electron chi connectivity index (χ3n) is 5.50. The normalized spacial score (nSPS) is 14.1. The minimum atomic E-state index is -0.354. The van der Waals surface area contributed by atoms with E-state index in [0.29, 0.717) is 17.0 Å². The number of aromatic nitrogens is 3. The molecule has 1 aromatic carbocycles. The Kier molecular flexibility index (Phi) is 5.72. The third kappa shape index (κ3) is 4.16. The van der Waals surface area contributed by atoms with E-state index in [1.807, 2.05) is 30.3 Å². The Balaban J connectivity index is 1.51. The van der Waals surface area contributed by atoms with Crippen molar-refractivity contribution in [3.05, 3.63) is 64.8 Å². The van der Waals surface area contributed by atoms with Crippen LogP contribution in [0.1, 0.15) is 25.0 Å². The maximum atomic E-state index is 13.2. The molecule has 4 heterocycles. The largest absolute Gasteiger partial charge is 0.467 e. The second-order valence-electron chi connectivity index (χ2n) is 7.76. The Morgan fingerprint density at radius 2 is 1.91 bits per heavy atom. The first-order valence-electron chi connectivity index (χ1n) is 10.7. The molecule has 5 rings (SSSR count). The van der Waals surface area contributed by atoms with Crippen LogP contribution in [0.5, 0.6) is 0 Å². The molecule has 4 aromatic rings. The van der Waals surface area contributed by atoms with Crippen LogP contribution in [0.4, 0.5) is 5.13 Å². The molecular weight excluding hydrogens is 426 g/mol. The molecule has 0 bridgehead atoms. The van der Waals surface area contributed by atoms with Crippen molar-refractivity contribution < 1.29 is 9.21 Å². The summed E-state index contributed by atoms with van der Waals surface area (Å²) in [6.45, 7) is 1.95. The number of rotatable bonds is 6. The van der Waals surface area contributed by atoms with Crippen molar-refractivity contribution in [2.24, 2.45) is 0 Å². The van der Waals surface area contributed by atoms with Crippen molar-refractivity contribution in [3.63, 3.8) is 0 Å². The lowest BCUT2D eigenvalue weighted by Gasteiger charge is -2.25. The Hall–Kier alpha value is -3.46. The van der Waals surface area contributed by atoms with E-state index in [2.05, 4.69) is 15.3 Å². The van der Waals surface area contributed by atoms with Crippen LogP contribution < -0.4 is 15.8 Å². The molecule has 1 amide bonds. The maximum Gasteiger partial charge on any atom is 0.294 e. The highest BCUT2D eigenvalue weighted by atomic mass is 32.1. The number of nitrogens with one attached hydrogen (secondary N) is 1. The molecule has 164 valence electrons. The second kappa shape index (κ2) is 8.96. The quantitative estimate of drug-likeness (QED) is 0.485. The lowest BCUT2D eigenvalue weighted by molar-refractivity contribution is -0.122. The predicted molar refractivity (Wildman–Crippen MR) is 124 cm³/mol. The van der Waals surface area contributed by atoms with Gasteiger partial charge in [0.15, 0.2) is 10.6 Å². The van der Waals surface area contributed by atoms with Gasteiger partial charge in [0, 0.05) is 18.7 Å². The molecule has 1 saturated heterocycles. The fourth-order valence-electron chi connectivity index (χ4n) is 3.85. The molecule has 32 heavy (non-hydrogen) atoms. The Morgan fingerprint density at radius 1 is 1.09 bits per heavy atom. The lowest BCUT2D eigenvalue weighted by Crippen LogP contribution is -2.33. The van der Waals surface area contributed by atoms with E-state index in [9.17, 15) is 9.59 Å². The van der Waals surface area contributed by atoms with Crippen molar-refractivity contribution in [1.82, 2.24) is 20.1 Å². The highest BCUT2D eigenvalue weighted by molar-refractivity contribution is 7.22. The van der Waals surface area contributed by atoms with Gasteiger partial charge in [-0.3, -0.25) is 9.59 Å². The van der Waals surface area contributed by atoms with Crippen LogP contribution in [0.3, 0.4) is 0 Å². The summed E-state index contributed by atoms with van der Waals surface area (Å²) in [4.78, 5) is 32.7. The van der Waals surface area contributed by atoms with Gasteiger partial charge in [-0.05, 0) is 31.4 Å². The predicted octanol–water partition coefficient (Wildman–Crippen LogP) is 3.42. The summed E-state index contributed by atoms with van der Waals surface area (Å²) in [6.07, 6.45) is 5.02. The van der Waals surface area contributed by atoms with Gasteiger partial charge in [0.2, 0.25) is 5.91 Å². The van der Waals surface area contributed by atoms with Gasteiger partial charge in [0.25, 0.3) is 5.56 Å². The van der Waals surface area contributed by atoms with E-state index in [1.165, 1.54) is 22.4 Å². The van der Waals surface area contributed by atoms with E-state index in [1.54, 1.807) is 18.4 Å². The van der Waals surface area contributed by atoms with Crippen molar-refractivity contribution in [1.29, 1.82) is 0 Å². The van der Waals surface area contributed by atoms with Crippen LogP contribution in [0.15, 0.2) is 57.9 Å². The molecule has 0 unspecified atom stereocenters. The Labute approximate surface area is 188 Å². The number of amides is 1. The van der Waals surface area contributed by atoms with Crippen LogP contribution >= 0.6 is 11.3 Å². The highest BCUT2D eigenvalue weighted by Gasteiger charge is 2.22. The topological polar surface area (TPSA) is 93.3 Å². The first kappa shape index (κ1) is 20.4. The van der Waals surface area contributed by atoms with Crippen LogP contribution in [-0.2, 0) is 17.9 Å². The zero-order valence-electron chi connectivity index (χ0n) is 17.5. The molecule has 1 N–H and O–H groups in total. The summed E-state index contributed by atoms with van der Waals surface area (Å²) in [5.74, 6) is 0.325. The number of anilines is 1. The van der Waals surface area contributed by atoms with Gasteiger partial charge in [0.05, 0.1) is 17.5 Å². The monoisotopic (exact) mass is 449 g/mol. The molecule has 1 aliphatic heterocycles. The summed E-state index contributed by atoms with van der Waals surface area (Å²) in [6, 6.07) is 13.2. The van der Waals surface area contributed by atoms with Gasteiger partial charge in [-0.25, -0.2) is 9.67 Å². The highest BCUT2D eigenvalue weighted by Crippen LogP contribution is 2.34. The number of carbonyl (C=O) groups is 1. The number of carbonyl (C=O) groups excluding carboxylic acids is 1. The van der Waals surface area contributed by atoms with Crippen LogP contribution in [0.25, 0.3) is 21.5 Å². The van der Waals surface area contributed by atoms with E-state index in [4.69, 9.17) is 9.40 Å². The van der Waals surface area contributed by atoms with Gasteiger partial charge in [-0.2, -0.15) is 5.10 Å². The Morgan fingerprint density at radius 3 is 2.66 bits per heavy atom. The van der Waals surface area contributed by atoms with Crippen molar-refractivity contribution in [2.45, 2.75) is 32.4 Å². The zero-order valence-corrected chi connectivity index (χ0v) is 18.3. The van der Waals surface area contributed by atoms with Gasteiger partial charge in [0.1, 0.15) is 18.0 Å². The Bertz CT molecular complexity index is 1270. The van der Waals surface area contributed by atoms with Gasteiger partial charge in [-0.15, -0.1) is 0 Å². The first-order chi connectivity index (χ1) is 15.7. The van der Waals surface area contributed by atoms with E-state index < -0.39 is 0 Å². The molecule has 0 spiro atoms. The van der Waals surface area contributed by atoms with Gasteiger partial charge in [-0.1, -0.05) is 41.7 Å². The second-order valence-corrected chi connectivity index (χ2v) is 8.73.